The number of aromatic amines is 1. The summed E-state index contributed by atoms with van der Waals surface area (Å²) in [6, 6.07) is 4.78. The van der Waals surface area contributed by atoms with E-state index in [2.05, 4.69) is 79.9 Å². The van der Waals surface area contributed by atoms with E-state index in [-0.39, 0.29) is 113 Å². The number of phenols is 1. The Bertz CT molecular complexity index is 4470. The molecule has 1 aromatic heterocycles. The van der Waals surface area contributed by atoms with Gasteiger partial charge in [-0.05, 0) is 172 Å². The summed E-state index contributed by atoms with van der Waals surface area (Å²) < 4.78 is 0. The molecule has 0 spiro atoms. The van der Waals surface area contributed by atoms with Gasteiger partial charge in [-0.2, -0.15) is 0 Å². The molecule has 2 heterocycles. The largest absolute Gasteiger partial charge is 0.508 e. The lowest BCUT2D eigenvalue weighted by Gasteiger charge is -2.33. The van der Waals surface area contributed by atoms with Crippen molar-refractivity contribution >= 4 is 116 Å². The predicted octanol–water partition coefficient (Wildman–Crippen LogP) is 1.55. The molecule has 0 bridgehead atoms. The van der Waals surface area contributed by atoms with Crippen molar-refractivity contribution in [2.24, 2.45) is 23.3 Å². The molecule has 1 aliphatic heterocycles. The van der Waals surface area contributed by atoms with E-state index in [1.807, 2.05) is 39.8 Å². The van der Waals surface area contributed by atoms with Gasteiger partial charge in [-0.3, -0.25) is 82.0 Å². The highest BCUT2D eigenvalue weighted by Gasteiger charge is 2.42. The zero-order valence-corrected chi connectivity index (χ0v) is 77.2. The van der Waals surface area contributed by atoms with E-state index in [1.54, 1.807) is 80.7 Å². The lowest BCUT2D eigenvalue weighted by Crippen LogP contribution is -2.64. The van der Waals surface area contributed by atoms with Gasteiger partial charge in [0.15, 0.2) is 46.3 Å². The molecule has 0 aliphatic carbocycles. The molecule has 0 saturated heterocycles. The normalized spacial score (nSPS) is 22.6. The van der Waals surface area contributed by atoms with Gasteiger partial charge in [0.05, 0.1) is 106 Å². The Morgan fingerprint density at radius 1 is 0.620 bits per heavy atom. The number of carbonyl (C=O) groups excluding carboxylic acids is 16. The monoisotopic (exact) mass is 1820 g/mol. The van der Waals surface area contributed by atoms with Crippen LogP contribution in [0.15, 0.2) is 91.1 Å². The van der Waals surface area contributed by atoms with Gasteiger partial charge in [-0.1, -0.05) is 119 Å². The molecule has 37 heteroatoms. The summed E-state index contributed by atoms with van der Waals surface area (Å²) in [4.78, 5) is 227. The first-order chi connectivity index (χ1) is 61.0. The summed E-state index contributed by atoms with van der Waals surface area (Å²) in [6.07, 6.45) is 5.94. The maximum absolute atomic E-state index is 15.1. The first kappa shape index (κ1) is 110. The average molecular weight is 1820 g/mol. The third-order valence-corrected chi connectivity index (χ3v) is 23.1. The Labute approximate surface area is 760 Å². The van der Waals surface area contributed by atoms with Crippen molar-refractivity contribution in [2.75, 3.05) is 45.9 Å². The van der Waals surface area contributed by atoms with Crippen LogP contribution < -0.4 is 86.3 Å². The summed E-state index contributed by atoms with van der Waals surface area (Å²) in [7, 11) is 0. The van der Waals surface area contributed by atoms with Crippen molar-refractivity contribution in [1.29, 1.82) is 0 Å². The van der Waals surface area contributed by atoms with Crippen molar-refractivity contribution in [2.45, 2.75) is 288 Å². The molecule has 4 aromatic rings. The molecule has 0 saturated carbocycles. The van der Waals surface area contributed by atoms with Crippen LogP contribution in [-0.2, 0) is 96.0 Å². The number of hydrazine groups is 2. The Kier molecular flexibility index (Phi) is 47.0. The highest BCUT2D eigenvalue weighted by molar-refractivity contribution is 6.41. The number of hydrogen-bond donors (Lipinski definition) is 20. The van der Waals surface area contributed by atoms with Gasteiger partial charge in [0.1, 0.15) is 35.5 Å². The van der Waals surface area contributed by atoms with Gasteiger partial charge >= 0.3 is 0 Å². The molecule has 36 nitrogen and oxygen atoms in total. The fourth-order valence-corrected chi connectivity index (χ4v) is 14.7. The van der Waals surface area contributed by atoms with Crippen molar-refractivity contribution in [3.63, 3.8) is 0 Å². The molecular formula is C92H138ClN17O19. The van der Waals surface area contributed by atoms with Crippen LogP contribution >= 0.6 is 11.6 Å². The van der Waals surface area contributed by atoms with Crippen molar-refractivity contribution in [3.05, 3.63) is 113 Å². The minimum Gasteiger partial charge on any atom is -0.508 e. The Morgan fingerprint density at radius 3 is 1.91 bits per heavy atom. The van der Waals surface area contributed by atoms with Crippen molar-refractivity contribution < 1.29 is 92.0 Å². The highest BCUT2D eigenvalue weighted by atomic mass is 35.5. The number of hydrogen-bond acceptors (Lipinski definition) is 29. The number of aliphatic hydroxyl groups is 2. The first-order valence-corrected chi connectivity index (χ1v) is 44.9. The maximum Gasteiger partial charge on any atom is 0.246 e. The van der Waals surface area contributed by atoms with E-state index in [0.717, 1.165) is 0 Å². The number of primary amides is 1. The molecule has 0 unspecified atom stereocenters. The Hall–Kier alpha value is -9.93. The second kappa shape index (κ2) is 55.3. The molecule has 6 amide bonds. The predicted molar refractivity (Wildman–Crippen MR) is 488 cm³/mol. The molecule has 129 heavy (non-hydrogen) atoms. The highest BCUT2D eigenvalue weighted by Crippen LogP contribution is 2.26. The molecule has 15 atom stereocenters. The number of Topliss-reactive ketones (excluding diaryl/α,β-unsaturated/α-hetero) is 10. The molecule has 0 fully saturated rings. The molecule has 3 aromatic carbocycles. The quantitative estimate of drug-likeness (QED) is 0.0132. The number of aromatic nitrogens is 1. The zero-order valence-electron chi connectivity index (χ0n) is 76.4. The zero-order chi connectivity index (χ0) is 95.8. The SMILES string of the molecule is CC(=O)N[C@@H](CC(C)C)C(=O)N[C@H](C(=O)C(=O)[C@H](Cc1ccccc1)NN[C@]1(C)CCCCCCC=CCCC[C@@](C)(C(=O)N[C@@H](CO)C(=O)CN[C@@H](C)C(=O)CCN[C@@H](C)C(=O)CN)NC(=O)[C@H](CC(C)C)NN[C@@H](CCC(N)=O)C(=O)CN[C@@H](C)C(=O)CC(=O)[C@H](Cc2c[nH]c3cc(Cl)ccc23)NC(=O)[C@H](Cc2ccc(O)cc2)NCC(=O)[C@H](C)NCC1=O)[C@@H](C)O. The molecule has 5 rings (SSSR count). The first-order valence-electron chi connectivity index (χ1n) is 44.5. The van der Waals surface area contributed by atoms with Gasteiger partial charge in [0, 0.05) is 54.9 Å². The number of amides is 6. The number of benzene rings is 3. The van der Waals surface area contributed by atoms with Crippen molar-refractivity contribution in [1.82, 2.24) is 79.9 Å². The minimum atomic E-state index is -1.81. The van der Waals surface area contributed by atoms with Crippen LogP contribution in [0.3, 0.4) is 0 Å². The summed E-state index contributed by atoms with van der Waals surface area (Å²) in [5.74, 6) is -11.5. The summed E-state index contributed by atoms with van der Waals surface area (Å²) in [6.45, 7) is 16.0. The van der Waals surface area contributed by atoms with E-state index in [9.17, 15) is 82.4 Å². The van der Waals surface area contributed by atoms with E-state index in [4.69, 9.17) is 23.1 Å². The molecule has 712 valence electrons. The number of aliphatic hydroxyl groups excluding tert-OH is 2. The number of nitrogens with two attached hydrogens (primary N) is 2. The molecular weight excluding hydrogens is 1680 g/mol. The molecule has 0 radical (unpaired) electrons. The second-order valence-electron chi connectivity index (χ2n) is 34.9. The van der Waals surface area contributed by atoms with Gasteiger partial charge in [-0.25, -0.2) is 21.7 Å². The van der Waals surface area contributed by atoms with Crippen LogP contribution in [0.1, 0.15) is 196 Å². The average Bonchev–Trinajstić information content (AvgIpc) is 1.76. The lowest BCUT2D eigenvalue weighted by molar-refractivity contribution is -0.142. The number of H-pyrrole nitrogens is 1. The number of fused-ring (bicyclic) bond motifs is 1. The van der Waals surface area contributed by atoms with Crippen LogP contribution in [-0.4, -0.2) is 249 Å². The topological polar surface area (TPSA) is 570 Å². The fourth-order valence-electron chi connectivity index (χ4n) is 14.5. The number of carbonyl (C=O) groups is 16. The lowest BCUT2D eigenvalue weighted by atomic mass is 9.89. The maximum atomic E-state index is 15.1. The third kappa shape index (κ3) is 37.8. The number of ketones is 10. The van der Waals surface area contributed by atoms with Gasteiger partial charge in [0.2, 0.25) is 47.0 Å². The third-order valence-electron chi connectivity index (χ3n) is 22.9. The smallest absolute Gasteiger partial charge is 0.246 e. The second-order valence-corrected chi connectivity index (χ2v) is 35.4. The number of phenolic OH excluding ortho intramolecular Hbond substituents is 1. The summed E-state index contributed by atoms with van der Waals surface area (Å²) in [5.41, 5.74) is 21.8. The Balaban J connectivity index is 1.54. The van der Waals surface area contributed by atoms with Crippen LogP contribution in [0.25, 0.3) is 10.9 Å². The minimum absolute atomic E-state index is 0.00792. The van der Waals surface area contributed by atoms with E-state index in [1.165, 1.54) is 53.7 Å². The summed E-state index contributed by atoms with van der Waals surface area (Å²) >= 11 is 6.37. The standard InChI is InChI=1S/C92H138ClN17O19/c1-53(2)39-72(102-60(10)113)88(127)105-84(59(9)112)86(125)85(124)70(41-61-25-21-20-22-26-61)109-110-91(11)36-23-18-16-14-13-15-17-19-24-37-92(12,90(129)104-74(52-111)81(121)50-97-55(5)75(115)35-38-96-57(7)78(118)46-94)106-89(128)73(40-54(3)4)108-107-67(33-34-83(95)123)80(120)49-98-56(6)76(116)45-77(117)69(43-63-47-100-68-44-64(93)29-32-66(63)68)103-87(126)71(42-62-27-30-65(114)31-28-62)101-48-79(119)58(8)99-51-82(91)122/h15,17,20-22,25-32,44,47,53-59,67,69-74,84,96-101,107-112,114H,13-14,16,18-19,23-24,33-43,45-46,48-52,94H2,1-12H3,(H2,95,123)(H,102,113)(H,103,126)(H,104,129)(H,105,127)(H,106,128)/t55-,56-,57-,58-,59+,67-,69-,70-,71-,72-,73-,74-,84-,91+,92-/m0/s1. The number of allylic oxidation sites excluding steroid dienone is 2. The van der Waals surface area contributed by atoms with Gasteiger partial charge < -0.3 is 79.6 Å². The van der Waals surface area contributed by atoms with Crippen molar-refractivity contribution in [3.8, 4) is 5.75 Å². The number of rotatable bonds is 37. The fraction of sp³-hybridized carbons (Fsp3) is 0.587. The molecule has 1 aliphatic rings. The number of aromatic hydroxyl groups is 1. The van der Waals surface area contributed by atoms with Crippen LogP contribution in [0.4, 0.5) is 0 Å². The van der Waals surface area contributed by atoms with Crippen LogP contribution in [0.2, 0.25) is 5.02 Å². The van der Waals surface area contributed by atoms with Gasteiger partial charge in [0.25, 0.3) is 0 Å². The van der Waals surface area contributed by atoms with E-state index >= 15 is 9.59 Å². The van der Waals surface area contributed by atoms with E-state index in [0.29, 0.717) is 71.1 Å². The number of halogens is 1. The molecule has 22 N–H and O–H groups in total. The Morgan fingerprint density at radius 2 is 1.26 bits per heavy atom. The van der Waals surface area contributed by atoms with Crippen LogP contribution in [0.5, 0.6) is 5.75 Å². The van der Waals surface area contributed by atoms with E-state index < -0.39 is 211 Å². The van der Waals surface area contributed by atoms with Gasteiger partial charge in [-0.15, -0.1) is 0 Å². The summed E-state index contributed by atoms with van der Waals surface area (Å²) in [5, 5.41) is 61.1. The van der Waals surface area contributed by atoms with Crippen LogP contribution in [0, 0.1) is 11.8 Å². The number of nitrogens with one attached hydrogen (secondary N) is 15.